The van der Waals surface area contributed by atoms with E-state index in [4.69, 9.17) is 0 Å². The fourth-order valence-corrected chi connectivity index (χ4v) is 2.57. The second kappa shape index (κ2) is 3.75. The molecule has 1 aliphatic heterocycles. The monoisotopic (exact) mass is 168 g/mol. The van der Waals surface area contributed by atoms with E-state index >= 15 is 0 Å². The molecule has 1 heterocycles. The molecule has 2 N–H and O–H groups in total. The van der Waals surface area contributed by atoms with Gasteiger partial charge >= 0.3 is 0 Å². The Kier molecular flexibility index (Phi) is 2.66. The van der Waals surface area contributed by atoms with Gasteiger partial charge in [-0.05, 0) is 12.8 Å². The van der Waals surface area contributed by atoms with E-state index in [0.717, 1.165) is 6.54 Å². The van der Waals surface area contributed by atoms with Crippen LogP contribution in [0.3, 0.4) is 0 Å². The molecular weight excluding hydrogens is 148 g/mol. The van der Waals surface area contributed by atoms with Crippen molar-refractivity contribution in [1.82, 2.24) is 10.6 Å². The maximum atomic E-state index is 3.71. The first-order chi connectivity index (χ1) is 5.91. The SMILES string of the molecule is C1CCCC2(CC1)CNCCN2. The second-order valence-corrected chi connectivity index (χ2v) is 4.30. The third-order valence-corrected chi connectivity index (χ3v) is 3.33. The van der Waals surface area contributed by atoms with Crippen LogP contribution in [0.2, 0.25) is 0 Å². The molecule has 0 amide bonds. The molecule has 0 bridgehead atoms. The van der Waals surface area contributed by atoms with Gasteiger partial charge in [-0.15, -0.1) is 0 Å². The summed E-state index contributed by atoms with van der Waals surface area (Å²) in [7, 11) is 0. The third kappa shape index (κ3) is 1.80. The van der Waals surface area contributed by atoms with Crippen molar-refractivity contribution in [3.05, 3.63) is 0 Å². The summed E-state index contributed by atoms with van der Waals surface area (Å²) in [6.07, 6.45) is 8.52. The van der Waals surface area contributed by atoms with Crippen molar-refractivity contribution in [3.8, 4) is 0 Å². The van der Waals surface area contributed by atoms with Crippen LogP contribution in [0.1, 0.15) is 38.5 Å². The fourth-order valence-electron chi connectivity index (χ4n) is 2.57. The van der Waals surface area contributed by atoms with Gasteiger partial charge in [-0.25, -0.2) is 0 Å². The minimum Gasteiger partial charge on any atom is -0.314 e. The van der Waals surface area contributed by atoms with Crippen LogP contribution in [0.4, 0.5) is 0 Å². The minimum atomic E-state index is 0.481. The molecule has 1 aliphatic carbocycles. The van der Waals surface area contributed by atoms with Crippen LogP contribution in [0.15, 0.2) is 0 Å². The molecule has 12 heavy (non-hydrogen) atoms. The van der Waals surface area contributed by atoms with Crippen molar-refractivity contribution >= 4 is 0 Å². The van der Waals surface area contributed by atoms with Gasteiger partial charge in [0.25, 0.3) is 0 Å². The number of rotatable bonds is 0. The Morgan fingerprint density at radius 3 is 2.17 bits per heavy atom. The van der Waals surface area contributed by atoms with Crippen LogP contribution in [-0.4, -0.2) is 25.2 Å². The maximum Gasteiger partial charge on any atom is 0.0306 e. The molecule has 2 nitrogen and oxygen atoms in total. The number of piperazine rings is 1. The minimum absolute atomic E-state index is 0.481. The molecule has 0 unspecified atom stereocenters. The predicted molar refractivity (Wildman–Crippen MR) is 51.3 cm³/mol. The highest BCUT2D eigenvalue weighted by atomic mass is 15.1. The quantitative estimate of drug-likeness (QED) is 0.569. The summed E-state index contributed by atoms with van der Waals surface area (Å²) in [5.74, 6) is 0. The number of hydrogen-bond acceptors (Lipinski definition) is 2. The Labute approximate surface area is 75.1 Å². The molecule has 0 atom stereocenters. The summed E-state index contributed by atoms with van der Waals surface area (Å²) >= 11 is 0. The van der Waals surface area contributed by atoms with E-state index in [2.05, 4.69) is 10.6 Å². The van der Waals surface area contributed by atoms with E-state index in [1.807, 2.05) is 0 Å². The lowest BCUT2D eigenvalue weighted by atomic mass is 9.89. The van der Waals surface area contributed by atoms with E-state index in [0.29, 0.717) is 5.54 Å². The molecule has 0 radical (unpaired) electrons. The molecule has 1 saturated heterocycles. The van der Waals surface area contributed by atoms with E-state index < -0.39 is 0 Å². The molecule has 0 aromatic heterocycles. The molecule has 70 valence electrons. The van der Waals surface area contributed by atoms with Gasteiger partial charge in [0.05, 0.1) is 0 Å². The van der Waals surface area contributed by atoms with Gasteiger partial charge in [0, 0.05) is 25.2 Å². The van der Waals surface area contributed by atoms with Crippen LogP contribution in [-0.2, 0) is 0 Å². The zero-order valence-corrected chi connectivity index (χ0v) is 7.86. The van der Waals surface area contributed by atoms with Crippen molar-refractivity contribution in [2.45, 2.75) is 44.1 Å². The van der Waals surface area contributed by atoms with Gasteiger partial charge in [-0.2, -0.15) is 0 Å². The Hall–Kier alpha value is -0.0800. The highest BCUT2D eigenvalue weighted by Gasteiger charge is 2.31. The van der Waals surface area contributed by atoms with Gasteiger partial charge < -0.3 is 10.6 Å². The van der Waals surface area contributed by atoms with E-state index in [-0.39, 0.29) is 0 Å². The van der Waals surface area contributed by atoms with Crippen LogP contribution < -0.4 is 10.6 Å². The van der Waals surface area contributed by atoms with Crippen molar-refractivity contribution in [2.75, 3.05) is 19.6 Å². The first kappa shape index (κ1) is 8.52. The largest absolute Gasteiger partial charge is 0.314 e. The molecule has 2 rings (SSSR count). The van der Waals surface area contributed by atoms with Crippen molar-refractivity contribution in [3.63, 3.8) is 0 Å². The molecule has 2 heteroatoms. The Balaban J connectivity index is 1.95. The van der Waals surface area contributed by atoms with Crippen LogP contribution in [0.5, 0.6) is 0 Å². The van der Waals surface area contributed by atoms with Crippen molar-refractivity contribution < 1.29 is 0 Å². The van der Waals surface area contributed by atoms with E-state index in [9.17, 15) is 0 Å². The van der Waals surface area contributed by atoms with Crippen molar-refractivity contribution in [2.24, 2.45) is 0 Å². The lowest BCUT2D eigenvalue weighted by Gasteiger charge is -2.38. The average Bonchev–Trinajstić information content (AvgIpc) is 2.33. The molecule has 2 aliphatic rings. The lowest BCUT2D eigenvalue weighted by Crippen LogP contribution is -2.58. The fraction of sp³-hybridized carbons (Fsp3) is 1.00. The number of hydrogen-bond donors (Lipinski definition) is 2. The zero-order valence-electron chi connectivity index (χ0n) is 7.86. The zero-order chi connectivity index (χ0) is 8.28. The third-order valence-electron chi connectivity index (χ3n) is 3.33. The first-order valence-corrected chi connectivity index (χ1v) is 5.37. The first-order valence-electron chi connectivity index (χ1n) is 5.37. The van der Waals surface area contributed by atoms with Crippen LogP contribution in [0.25, 0.3) is 0 Å². The normalized spacial score (nSPS) is 30.0. The molecular formula is C10H20N2. The van der Waals surface area contributed by atoms with E-state index in [1.165, 1.54) is 51.6 Å². The van der Waals surface area contributed by atoms with Crippen LogP contribution in [0, 0.1) is 0 Å². The topological polar surface area (TPSA) is 24.1 Å². The Morgan fingerprint density at radius 2 is 1.58 bits per heavy atom. The van der Waals surface area contributed by atoms with Gasteiger partial charge in [0.15, 0.2) is 0 Å². The second-order valence-electron chi connectivity index (χ2n) is 4.30. The standard InChI is InChI=1S/C10H20N2/c1-2-4-6-10(5-3-1)9-11-7-8-12-10/h11-12H,1-9H2. The van der Waals surface area contributed by atoms with Gasteiger partial charge in [-0.1, -0.05) is 25.7 Å². The van der Waals surface area contributed by atoms with Gasteiger partial charge in [0.1, 0.15) is 0 Å². The van der Waals surface area contributed by atoms with Gasteiger partial charge in [0.2, 0.25) is 0 Å². The Bertz CT molecular complexity index is 129. The maximum absolute atomic E-state index is 3.71. The molecule has 0 aromatic rings. The molecule has 1 spiro atoms. The Morgan fingerprint density at radius 1 is 0.833 bits per heavy atom. The number of nitrogens with one attached hydrogen (secondary N) is 2. The summed E-state index contributed by atoms with van der Waals surface area (Å²) in [6, 6.07) is 0. The highest BCUT2D eigenvalue weighted by Crippen LogP contribution is 2.27. The molecule has 1 saturated carbocycles. The van der Waals surface area contributed by atoms with E-state index in [1.54, 1.807) is 0 Å². The average molecular weight is 168 g/mol. The summed E-state index contributed by atoms with van der Waals surface area (Å²) in [6.45, 7) is 3.52. The summed E-state index contributed by atoms with van der Waals surface area (Å²) in [4.78, 5) is 0. The summed E-state index contributed by atoms with van der Waals surface area (Å²) in [5, 5.41) is 7.22. The smallest absolute Gasteiger partial charge is 0.0306 e. The molecule has 0 aromatic carbocycles. The van der Waals surface area contributed by atoms with Gasteiger partial charge in [-0.3, -0.25) is 0 Å². The summed E-state index contributed by atoms with van der Waals surface area (Å²) in [5.41, 5.74) is 0.481. The van der Waals surface area contributed by atoms with Crippen molar-refractivity contribution in [1.29, 1.82) is 0 Å². The predicted octanol–water partition coefficient (Wildman–Crippen LogP) is 1.27. The highest BCUT2D eigenvalue weighted by molar-refractivity contribution is 4.94. The van der Waals surface area contributed by atoms with Crippen LogP contribution >= 0.6 is 0 Å². The summed E-state index contributed by atoms with van der Waals surface area (Å²) < 4.78 is 0. The lowest BCUT2D eigenvalue weighted by molar-refractivity contribution is 0.241. The molecule has 2 fully saturated rings.